The van der Waals surface area contributed by atoms with Crippen LogP contribution in [0.4, 0.5) is 10.8 Å². The number of anilines is 2. The molecule has 8 nitrogen and oxygen atoms in total. The van der Waals surface area contributed by atoms with Gasteiger partial charge in [-0.2, -0.15) is 5.10 Å². The average molecular weight is 652 g/mol. The molecule has 0 aliphatic heterocycles. The predicted molar refractivity (Wildman–Crippen MR) is 172 cm³/mol. The molecule has 0 saturated carbocycles. The lowest BCUT2D eigenvalue weighted by molar-refractivity contribution is 0.0696. The molecule has 12 heteroatoms. The van der Waals surface area contributed by atoms with E-state index in [0.29, 0.717) is 16.1 Å². The number of amides is 1. The van der Waals surface area contributed by atoms with Gasteiger partial charge < -0.3 is 15.2 Å². The van der Waals surface area contributed by atoms with Crippen LogP contribution < -0.4 is 15.5 Å². The molecule has 0 atom stereocenters. The summed E-state index contributed by atoms with van der Waals surface area (Å²) in [6, 6.07) is 23.9. The number of rotatable bonds is 10. The van der Waals surface area contributed by atoms with Gasteiger partial charge in [0.05, 0.1) is 27.5 Å². The molecule has 0 unspecified atom stereocenters. The summed E-state index contributed by atoms with van der Waals surface area (Å²) in [6.45, 7) is 0.144. The Kier molecular flexibility index (Phi) is 9.58. The number of nitrogens with one attached hydrogen (secondary N) is 2. The molecule has 1 amide bonds. The van der Waals surface area contributed by atoms with E-state index in [1.54, 1.807) is 48.5 Å². The highest BCUT2D eigenvalue weighted by Gasteiger charge is 2.11. The van der Waals surface area contributed by atoms with Crippen molar-refractivity contribution < 1.29 is 19.4 Å². The van der Waals surface area contributed by atoms with E-state index in [1.165, 1.54) is 29.7 Å². The minimum atomic E-state index is -1.00. The van der Waals surface area contributed by atoms with Crippen LogP contribution in [0.1, 0.15) is 31.8 Å². The number of aromatic carboxylic acids is 1. The third-order valence-corrected chi connectivity index (χ3v) is 7.60. The molecule has 43 heavy (non-hydrogen) atoms. The zero-order chi connectivity index (χ0) is 30.3. The van der Waals surface area contributed by atoms with Crippen LogP contribution in [0, 0.1) is 0 Å². The first-order chi connectivity index (χ1) is 20.7. The summed E-state index contributed by atoms with van der Waals surface area (Å²) >= 11 is 20.1. The summed E-state index contributed by atoms with van der Waals surface area (Å²) in [6.07, 6.45) is 1.42. The van der Waals surface area contributed by atoms with E-state index in [4.69, 9.17) is 44.6 Å². The Morgan fingerprint density at radius 1 is 0.907 bits per heavy atom. The average Bonchev–Trinajstić information content (AvgIpc) is 3.46. The van der Waals surface area contributed by atoms with E-state index in [0.717, 1.165) is 27.6 Å². The number of aromatic nitrogens is 1. The van der Waals surface area contributed by atoms with E-state index in [9.17, 15) is 9.59 Å². The number of thiazole rings is 1. The second-order valence-electron chi connectivity index (χ2n) is 9.05. The first-order valence-corrected chi connectivity index (χ1v) is 14.6. The summed E-state index contributed by atoms with van der Waals surface area (Å²) < 4.78 is 5.75. The van der Waals surface area contributed by atoms with Crippen molar-refractivity contribution in [1.82, 2.24) is 10.4 Å². The monoisotopic (exact) mass is 650 g/mol. The number of hydrogen-bond acceptors (Lipinski definition) is 7. The van der Waals surface area contributed by atoms with Gasteiger partial charge in [0.25, 0.3) is 5.91 Å². The normalized spacial score (nSPS) is 11.0. The highest BCUT2D eigenvalue weighted by Crippen LogP contribution is 2.34. The summed E-state index contributed by atoms with van der Waals surface area (Å²) in [7, 11) is 0. The van der Waals surface area contributed by atoms with Gasteiger partial charge in [0.2, 0.25) is 0 Å². The minimum absolute atomic E-state index is 0.144. The number of hydrazone groups is 1. The third-order valence-electron chi connectivity index (χ3n) is 6.03. The van der Waals surface area contributed by atoms with Crippen molar-refractivity contribution >= 4 is 75.0 Å². The molecule has 4 aromatic carbocycles. The second-order valence-corrected chi connectivity index (χ2v) is 11.2. The van der Waals surface area contributed by atoms with Crippen LogP contribution in [-0.4, -0.2) is 28.2 Å². The maximum absolute atomic E-state index is 12.6. The molecule has 5 rings (SSSR count). The van der Waals surface area contributed by atoms with Gasteiger partial charge in [-0.05, 0) is 71.8 Å². The molecule has 0 saturated heterocycles. The predicted octanol–water partition coefficient (Wildman–Crippen LogP) is 8.56. The number of ether oxygens (including phenoxy) is 1. The molecular formula is C31H21Cl3N4O4S. The highest BCUT2D eigenvalue weighted by atomic mass is 35.5. The van der Waals surface area contributed by atoms with Crippen LogP contribution in [0.3, 0.4) is 0 Å². The standard InChI is InChI=1S/C31H21Cl3N4O4S/c32-23-9-11-24(12-10-23)36-31-37-27(17-43-31)20-5-7-21(8-6-20)29(39)38-35-15-19-13-25(33)28(26(34)14-19)42-16-18-1-3-22(4-2-18)30(40)41/h1-15,17H,16H2,(H,36,37)(H,38,39)(H,40,41)/b35-15-. The molecule has 0 aliphatic rings. The summed E-state index contributed by atoms with van der Waals surface area (Å²) in [4.78, 5) is 28.2. The Morgan fingerprint density at radius 3 is 2.21 bits per heavy atom. The van der Waals surface area contributed by atoms with Crippen LogP contribution in [0.5, 0.6) is 5.75 Å². The molecule has 0 fully saturated rings. The summed E-state index contributed by atoms with van der Waals surface area (Å²) in [5, 5.41) is 20.1. The van der Waals surface area contributed by atoms with Gasteiger partial charge in [-0.3, -0.25) is 4.79 Å². The number of halogens is 3. The quantitative estimate of drug-likeness (QED) is 0.103. The number of carbonyl (C=O) groups excluding carboxylic acids is 1. The van der Waals surface area contributed by atoms with Crippen LogP contribution >= 0.6 is 46.1 Å². The largest absolute Gasteiger partial charge is 0.486 e. The number of benzene rings is 4. The van der Waals surface area contributed by atoms with Gasteiger partial charge >= 0.3 is 5.97 Å². The molecule has 5 aromatic rings. The fourth-order valence-corrected chi connectivity index (χ4v) is 5.31. The van der Waals surface area contributed by atoms with Crippen molar-refractivity contribution in [2.75, 3.05) is 5.32 Å². The minimum Gasteiger partial charge on any atom is -0.486 e. The maximum Gasteiger partial charge on any atom is 0.335 e. The van der Waals surface area contributed by atoms with E-state index in [1.807, 2.05) is 29.6 Å². The Bertz CT molecular complexity index is 1770. The van der Waals surface area contributed by atoms with Crippen molar-refractivity contribution in [2.45, 2.75) is 6.61 Å². The van der Waals surface area contributed by atoms with Gasteiger partial charge in [0.15, 0.2) is 10.9 Å². The molecule has 0 spiro atoms. The van der Waals surface area contributed by atoms with Crippen LogP contribution in [0.25, 0.3) is 11.3 Å². The highest BCUT2D eigenvalue weighted by molar-refractivity contribution is 7.14. The molecule has 1 aromatic heterocycles. The van der Waals surface area contributed by atoms with Gasteiger partial charge in [0.1, 0.15) is 6.61 Å². The topological polar surface area (TPSA) is 113 Å². The van der Waals surface area contributed by atoms with Gasteiger partial charge in [-0.15, -0.1) is 11.3 Å². The molecular weight excluding hydrogens is 631 g/mol. The van der Waals surface area contributed by atoms with E-state index in [2.05, 4.69) is 20.8 Å². The fraction of sp³-hybridized carbons (Fsp3) is 0.0323. The Balaban J connectivity index is 1.15. The van der Waals surface area contributed by atoms with E-state index in [-0.39, 0.29) is 28.0 Å². The van der Waals surface area contributed by atoms with Crippen molar-refractivity contribution in [3.63, 3.8) is 0 Å². The van der Waals surface area contributed by atoms with Crippen molar-refractivity contribution in [1.29, 1.82) is 0 Å². The molecule has 0 bridgehead atoms. The van der Waals surface area contributed by atoms with Crippen molar-refractivity contribution in [3.05, 3.63) is 128 Å². The Morgan fingerprint density at radius 2 is 1.56 bits per heavy atom. The summed E-state index contributed by atoms with van der Waals surface area (Å²) in [5.41, 5.74) is 6.93. The molecule has 3 N–H and O–H groups in total. The first kappa shape index (κ1) is 30.1. The number of carboxylic acids is 1. The van der Waals surface area contributed by atoms with E-state index >= 15 is 0 Å². The number of carboxylic acid groups (broad SMARTS) is 1. The third kappa shape index (κ3) is 7.91. The lowest BCUT2D eigenvalue weighted by Gasteiger charge is -2.11. The Labute approximate surface area is 265 Å². The molecule has 1 heterocycles. The van der Waals surface area contributed by atoms with E-state index < -0.39 is 11.9 Å². The lowest BCUT2D eigenvalue weighted by Crippen LogP contribution is -2.17. The van der Waals surface area contributed by atoms with Gasteiger partial charge in [0, 0.05) is 27.2 Å². The smallest absolute Gasteiger partial charge is 0.335 e. The zero-order valence-corrected chi connectivity index (χ0v) is 25.1. The molecule has 0 radical (unpaired) electrons. The van der Waals surface area contributed by atoms with Crippen molar-refractivity contribution in [3.8, 4) is 17.0 Å². The number of hydrogen-bond donors (Lipinski definition) is 3. The molecule has 216 valence electrons. The Hall–Kier alpha value is -4.41. The van der Waals surface area contributed by atoms with Crippen molar-refractivity contribution in [2.24, 2.45) is 5.10 Å². The van der Waals surface area contributed by atoms with Gasteiger partial charge in [-0.25, -0.2) is 15.2 Å². The fourth-order valence-electron chi connectivity index (χ4n) is 3.83. The number of nitrogens with zero attached hydrogens (tertiary/aromatic N) is 2. The lowest BCUT2D eigenvalue weighted by atomic mass is 10.1. The maximum atomic E-state index is 12.6. The van der Waals surface area contributed by atoms with Gasteiger partial charge in [-0.1, -0.05) is 59.1 Å². The van der Waals surface area contributed by atoms with Crippen LogP contribution in [-0.2, 0) is 6.61 Å². The molecule has 0 aliphatic carbocycles. The second kappa shape index (κ2) is 13.7. The zero-order valence-electron chi connectivity index (χ0n) is 22.1. The summed E-state index contributed by atoms with van der Waals surface area (Å²) in [5.74, 6) is -1.12. The number of carbonyl (C=O) groups is 2. The first-order valence-electron chi connectivity index (χ1n) is 12.6. The van der Waals surface area contributed by atoms with Crippen LogP contribution in [0.15, 0.2) is 95.4 Å². The SMILES string of the molecule is O=C(O)c1ccc(COc2c(Cl)cc(/C=N\NC(=O)c3ccc(-c4csc(Nc5ccc(Cl)cc5)n4)cc3)cc2Cl)cc1. The van der Waals surface area contributed by atoms with Crippen LogP contribution in [0.2, 0.25) is 15.1 Å².